The Bertz CT molecular complexity index is 952. The molecule has 2 rings (SSSR count). The highest BCUT2D eigenvalue weighted by Gasteiger charge is 2.29. The fourth-order valence-electron chi connectivity index (χ4n) is 2.76. The molecular weight excluding hydrogens is 402 g/mol. The average Bonchev–Trinajstić information content (AvgIpc) is 3.03. The maximum Gasteiger partial charge on any atom is 0.408 e. The first-order valence-electron chi connectivity index (χ1n) is 10.2. The molecule has 0 bridgehead atoms. The number of rotatable bonds is 6. The van der Waals surface area contributed by atoms with Crippen LogP contribution >= 0.6 is 0 Å². The summed E-state index contributed by atoms with van der Waals surface area (Å²) in [6.45, 7) is 12.4. The van der Waals surface area contributed by atoms with Crippen molar-refractivity contribution in [2.45, 2.75) is 72.1 Å². The number of hydrogen-bond acceptors (Lipinski definition) is 7. The van der Waals surface area contributed by atoms with Crippen molar-refractivity contribution in [2.24, 2.45) is 0 Å². The van der Waals surface area contributed by atoms with Gasteiger partial charge in [0, 0.05) is 18.3 Å². The second-order valence-electron chi connectivity index (χ2n) is 9.03. The lowest BCUT2D eigenvalue weighted by molar-refractivity contribution is -0.157. The molecule has 0 spiro atoms. The molecule has 0 saturated heterocycles. The number of esters is 2. The normalized spacial score (nSPS) is 12.9. The van der Waals surface area contributed by atoms with E-state index in [1.807, 2.05) is 0 Å². The van der Waals surface area contributed by atoms with E-state index in [1.165, 1.54) is 0 Å². The molecule has 0 fully saturated rings. The smallest absolute Gasteiger partial charge is 0.408 e. The van der Waals surface area contributed by atoms with Gasteiger partial charge < -0.3 is 23.9 Å². The zero-order valence-corrected chi connectivity index (χ0v) is 19.1. The van der Waals surface area contributed by atoms with Crippen molar-refractivity contribution in [2.75, 3.05) is 6.61 Å². The van der Waals surface area contributed by atoms with Gasteiger partial charge in [0.25, 0.3) is 0 Å². The molecule has 1 N–H and O–H groups in total. The number of imidazole rings is 1. The highest BCUT2D eigenvalue weighted by Crippen LogP contribution is 2.16. The largest absolute Gasteiger partial charge is 0.461 e. The summed E-state index contributed by atoms with van der Waals surface area (Å²) in [5.74, 6) is -1.13. The van der Waals surface area contributed by atoms with Crippen LogP contribution in [0.15, 0.2) is 24.4 Å². The topological polar surface area (TPSA) is 108 Å². The fraction of sp³-hybridized carbons (Fsp3) is 0.545. The van der Waals surface area contributed by atoms with E-state index in [0.717, 1.165) is 0 Å². The minimum Gasteiger partial charge on any atom is -0.461 e. The molecule has 2 aromatic heterocycles. The number of nitrogens with one attached hydrogen (secondary N) is 1. The van der Waals surface area contributed by atoms with Crippen LogP contribution in [-0.2, 0) is 25.4 Å². The van der Waals surface area contributed by atoms with Gasteiger partial charge >= 0.3 is 18.0 Å². The lowest BCUT2D eigenvalue weighted by Crippen LogP contribution is -2.47. The van der Waals surface area contributed by atoms with Gasteiger partial charge in [0.15, 0.2) is 5.69 Å². The summed E-state index contributed by atoms with van der Waals surface area (Å²) in [4.78, 5) is 41.5. The maximum absolute atomic E-state index is 12.8. The number of carbonyl (C=O) groups excluding carboxylic acids is 3. The van der Waals surface area contributed by atoms with Crippen LogP contribution in [0.3, 0.4) is 0 Å². The van der Waals surface area contributed by atoms with E-state index >= 15 is 0 Å². The van der Waals surface area contributed by atoms with Gasteiger partial charge in [0.1, 0.15) is 22.9 Å². The molecule has 0 unspecified atom stereocenters. The van der Waals surface area contributed by atoms with E-state index in [9.17, 15) is 14.4 Å². The van der Waals surface area contributed by atoms with Crippen LogP contribution in [0.25, 0.3) is 5.65 Å². The third kappa shape index (κ3) is 7.27. The summed E-state index contributed by atoms with van der Waals surface area (Å²) in [7, 11) is 0. The number of hydrogen-bond donors (Lipinski definition) is 1. The summed E-state index contributed by atoms with van der Waals surface area (Å²) in [6.07, 6.45) is 0.917. The lowest BCUT2D eigenvalue weighted by atomic mass is 10.1. The molecule has 0 aliphatic carbocycles. The monoisotopic (exact) mass is 433 g/mol. The fourth-order valence-corrected chi connectivity index (χ4v) is 2.76. The number of carbonyl (C=O) groups is 3. The van der Waals surface area contributed by atoms with E-state index in [1.54, 1.807) is 77.3 Å². The first kappa shape index (κ1) is 24.2. The van der Waals surface area contributed by atoms with Crippen molar-refractivity contribution in [1.29, 1.82) is 0 Å². The van der Waals surface area contributed by atoms with Gasteiger partial charge in [-0.25, -0.2) is 19.4 Å². The Balaban J connectivity index is 2.34. The summed E-state index contributed by atoms with van der Waals surface area (Å²) in [5.41, 5.74) is -0.138. The molecule has 31 heavy (non-hydrogen) atoms. The first-order valence-corrected chi connectivity index (χ1v) is 10.2. The predicted molar refractivity (Wildman–Crippen MR) is 114 cm³/mol. The van der Waals surface area contributed by atoms with Crippen molar-refractivity contribution in [3.05, 3.63) is 35.8 Å². The molecule has 170 valence electrons. The minimum atomic E-state index is -1.01. The summed E-state index contributed by atoms with van der Waals surface area (Å²) >= 11 is 0. The third-order valence-electron chi connectivity index (χ3n) is 3.86. The van der Waals surface area contributed by atoms with Crippen LogP contribution in [0.4, 0.5) is 4.79 Å². The molecule has 9 nitrogen and oxygen atoms in total. The van der Waals surface area contributed by atoms with Crippen LogP contribution < -0.4 is 5.32 Å². The van der Waals surface area contributed by atoms with Crippen LogP contribution in [0.5, 0.6) is 0 Å². The predicted octanol–water partition coefficient (Wildman–Crippen LogP) is 3.29. The number of alkyl carbamates (subject to hydrolysis) is 1. The minimum absolute atomic E-state index is 0.101. The van der Waals surface area contributed by atoms with Crippen LogP contribution in [0.1, 0.15) is 64.6 Å². The number of aromatic nitrogens is 2. The molecule has 0 aliphatic heterocycles. The molecule has 1 atom stereocenters. The molecule has 0 radical (unpaired) electrons. The lowest BCUT2D eigenvalue weighted by Gasteiger charge is -2.26. The Morgan fingerprint density at radius 1 is 1.06 bits per heavy atom. The molecule has 1 amide bonds. The maximum atomic E-state index is 12.8. The zero-order chi connectivity index (χ0) is 23.4. The van der Waals surface area contributed by atoms with E-state index in [4.69, 9.17) is 14.2 Å². The van der Waals surface area contributed by atoms with Gasteiger partial charge in [-0.1, -0.05) is 6.07 Å². The van der Waals surface area contributed by atoms with Crippen LogP contribution in [0, 0.1) is 0 Å². The standard InChI is InChI=1S/C22H31N3O6/c1-8-29-18(26)16-13-25-14(10-9-11-17(25)23-16)12-15(19(27)30-21(2,3)4)24-20(28)31-22(5,6)7/h9-11,13,15H,8,12H2,1-7H3,(H,24,28)/t15-/m0/s1. The van der Waals surface area contributed by atoms with E-state index in [2.05, 4.69) is 10.3 Å². The van der Waals surface area contributed by atoms with Crippen molar-refractivity contribution < 1.29 is 28.6 Å². The van der Waals surface area contributed by atoms with Crippen molar-refractivity contribution in [3.63, 3.8) is 0 Å². The van der Waals surface area contributed by atoms with E-state index in [-0.39, 0.29) is 18.7 Å². The highest BCUT2D eigenvalue weighted by atomic mass is 16.6. The number of fused-ring (bicyclic) bond motifs is 1. The molecule has 0 saturated carbocycles. The van der Waals surface area contributed by atoms with Gasteiger partial charge in [-0.3, -0.25) is 0 Å². The Morgan fingerprint density at radius 3 is 2.29 bits per heavy atom. The first-order chi connectivity index (χ1) is 14.3. The van der Waals surface area contributed by atoms with E-state index in [0.29, 0.717) is 11.3 Å². The molecule has 9 heteroatoms. The van der Waals surface area contributed by atoms with E-state index < -0.39 is 35.3 Å². The Labute approximate surface area is 182 Å². The van der Waals surface area contributed by atoms with Gasteiger partial charge in [-0.2, -0.15) is 0 Å². The summed E-state index contributed by atoms with van der Waals surface area (Å²) in [6, 6.07) is 4.26. The number of amides is 1. The number of ether oxygens (including phenoxy) is 3. The molecular formula is C22H31N3O6. The number of nitrogens with zero attached hydrogens (tertiary/aromatic N) is 2. The van der Waals surface area contributed by atoms with Crippen molar-refractivity contribution in [3.8, 4) is 0 Å². The Morgan fingerprint density at radius 2 is 1.71 bits per heavy atom. The average molecular weight is 434 g/mol. The Hall–Kier alpha value is -3.10. The summed E-state index contributed by atoms with van der Waals surface area (Å²) < 4.78 is 17.5. The second kappa shape index (κ2) is 9.36. The van der Waals surface area contributed by atoms with Gasteiger partial charge in [0.05, 0.1) is 6.61 Å². The van der Waals surface area contributed by atoms with Crippen molar-refractivity contribution in [1.82, 2.24) is 14.7 Å². The zero-order valence-electron chi connectivity index (χ0n) is 19.1. The van der Waals surface area contributed by atoms with Crippen molar-refractivity contribution >= 4 is 23.7 Å². The summed E-state index contributed by atoms with van der Waals surface area (Å²) in [5, 5.41) is 2.60. The SMILES string of the molecule is CCOC(=O)c1cn2c(C[C@H](NC(=O)OC(C)(C)C)C(=O)OC(C)(C)C)cccc2n1. The van der Waals surface area contributed by atoms with Crippen LogP contribution in [0.2, 0.25) is 0 Å². The quantitative estimate of drug-likeness (QED) is 0.550. The van der Waals surface area contributed by atoms with Crippen LogP contribution in [-0.4, -0.2) is 51.3 Å². The van der Waals surface area contributed by atoms with Gasteiger partial charge in [0.2, 0.25) is 0 Å². The molecule has 0 aromatic carbocycles. The Kier molecular flexibility index (Phi) is 7.30. The molecule has 2 aromatic rings. The number of pyridine rings is 1. The van der Waals surface area contributed by atoms with Gasteiger partial charge in [-0.15, -0.1) is 0 Å². The second-order valence-corrected chi connectivity index (χ2v) is 9.03. The molecule has 0 aliphatic rings. The highest BCUT2D eigenvalue weighted by molar-refractivity contribution is 5.88. The third-order valence-corrected chi connectivity index (χ3v) is 3.86. The molecule has 2 heterocycles. The van der Waals surface area contributed by atoms with Gasteiger partial charge in [-0.05, 0) is 60.6 Å².